The maximum absolute atomic E-state index is 12.4. The zero-order valence-electron chi connectivity index (χ0n) is 15.9. The fourth-order valence-corrected chi connectivity index (χ4v) is 3.49. The molecule has 0 aliphatic rings. The topological polar surface area (TPSA) is 67.8 Å². The number of thioether (sulfide) groups is 1. The lowest BCUT2D eigenvalue weighted by Gasteiger charge is -2.09. The SMILES string of the molecule is COC(=O)c1ccccc1SCC(=O)NN=C(c1ccccc1)c1ccccc1. The van der Waals surface area contributed by atoms with Crippen LogP contribution >= 0.6 is 11.8 Å². The standard InChI is InChI=1S/C23H20N2O3S/c1-28-23(27)19-14-8-9-15-20(19)29-16-21(26)24-25-22(17-10-4-2-5-11-17)18-12-6-3-7-13-18/h2-15H,16H2,1H3,(H,24,26). The molecule has 5 nitrogen and oxygen atoms in total. The molecule has 1 N–H and O–H groups in total. The van der Waals surface area contributed by atoms with Gasteiger partial charge in [0.2, 0.25) is 5.91 Å². The number of nitrogens with zero attached hydrogens (tertiary/aromatic N) is 1. The predicted octanol–water partition coefficient (Wildman–Crippen LogP) is 4.13. The van der Waals surface area contributed by atoms with Crippen LogP contribution in [-0.4, -0.2) is 30.5 Å². The molecule has 0 atom stereocenters. The Labute approximate surface area is 173 Å². The van der Waals surface area contributed by atoms with Crippen LogP contribution in [0.25, 0.3) is 0 Å². The predicted molar refractivity (Wildman–Crippen MR) is 115 cm³/mol. The second-order valence-corrected chi connectivity index (χ2v) is 7.02. The molecular formula is C23H20N2O3S. The summed E-state index contributed by atoms with van der Waals surface area (Å²) in [4.78, 5) is 24.9. The van der Waals surface area contributed by atoms with E-state index in [1.165, 1.54) is 18.9 Å². The molecule has 3 aromatic rings. The molecule has 0 aliphatic heterocycles. The summed E-state index contributed by atoms with van der Waals surface area (Å²) in [6.07, 6.45) is 0. The molecule has 6 heteroatoms. The smallest absolute Gasteiger partial charge is 0.338 e. The van der Waals surface area contributed by atoms with E-state index < -0.39 is 5.97 Å². The number of benzene rings is 3. The average Bonchev–Trinajstić information content (AvgIpc) is 2.79. The Morgan fingerprint density at radius 3 is 2.00 bits per heavy atom. The van der Waals surface area contributed by atoms with Gasteiger partial charge in [0, 0.05) is 16.0 Å². The fourth-order valence-electron chi connectivity index (χ4n) is 2.65. The Morgan fingerprint density at radius 2 is 1.41 bits per heavy atom. The first-order valence-corrected chi connectivity index (χ1v) is 9.95. The summed E-state index contributed by atoms with van der Waals surface area (Å²) in [5.41, 5.74) is 5.55. The number of carbonyl (C=O) groups is 2. The molecule has 0 unspecified atom stereocenters. The Kier molecular flexibility index (Phi) is 7.19. The second-order valence-electron chi connectivity index (χ2n) is 6.00. The van der Waals surface area contributed by atoms with Gasteiger partial charge in [-0.25, -0.2) is 10.2 Å². The van der Waals surface area contributed by atoms with Crippen LogP contribution < -0.4 is 5.43 Å². The van der Waals surface area contributed by atoms with Gasteiger partial charge < -0.3 is 4.74 Å². The van der Waals surface area contributed by atoms with Crippen LogP contribution in [0.2, 0.25) is 0 Å². The lowest BCUT2D eigenvalue weighted by Crippen LogP contribution is -2.22. The Balaban J connectivity index is 1.72. The van der Waals surface area contributed by atoms with Crippen LogP contribution in [-0.2, 0) is 9.53 Å². The molecule has 0 aromatic heterocycles. The van der Waals surface area contributed by atoms with E-state index in [2.05, 4.69) is 10.5 Å². The summed E-state index contributed by atoms with van der Waals surface area (Å²) < 4.78 is 4.79. The monoisotopic (exact) mass is 404 g/mol. The number of amides is 1. The number of methoxy groups -OCH3 is 1. The zero-order valence-corrected chi connectivity index (χ0v) is 16.7. The van der Waals surface area contributed by atoms with Gasteiger partial charge in [-0.05, 0) is 12.1 Å². The number of nitrogens with one attached hydrogen (secondary N) is 1. The normalized spacial score (nSPS) is 10.1. The summed E-state index contributed by atoms with van der Waals surface area (Å²) in [6, 6.07) is 26.4. The molecule has 0 aliphatic carbocycles. The van der Waals surface area contributed by atoms with Crippen molar-refractivity contribution in [2.75, 3.05) is 12.9 Å². The number of hydrazone groups is 1. The minimum absolute atomic E-state index is 0.119. The van der Waals surface area contributed by atoms with Gasteiger partial charge in [-0.1, -0.05) is 72.8 Å². The van der Waals surface area contributed by atoms with Crippen LogP contribution in [0, 0.1) is 0 Å². The van der Waals surface area contributed by atoms with Gasteiger partial charge in [-0.2, -0.15) is 5.10 Å². The van der Waals surface area contributed by atoms with Crippen molar-refractivity contribution in [3.05, 3.63) is 102 Å². The van der Waals surface area contributed by atoms with Crippen LogP contribution in [0.1, 0.15) is 21.5 Å². The highest BCUT2D eigenvalue weighted by atomic mass is 32.2. The molecular weight excluding hydrogens is 384 g/mol. The van der Waals surface area contributed by atoms with Crippen molar-refractivity contribution in [1.82, 2.24) is 5.43 Å². The van der Waals surface area contributed by atoms with Gasteiger partial charge in [0.05, 0.1) is 24.1 Å². The van der Waals surface area contributed by atoms with E-state index in [1.807, 2.05) is 66.7 Å². The zero-order chi connectivity index (χ0) is 20.5. The number of esters is 1. The van der Waals surface area contributed by atoms with Crippen molar-refractivity contribution in [1.29, 1.82) is 0 Å². The molecule has 3 rings (SSSR count). The third-order valence-corrected chi connectivity index (χ3v) is 5.11. The molecule has 29 heavy (non-hydrogen) atoms. The van der Waals surface area contributed by atoms with Crippen LogP contribution in [0.15, 0.2) is 94.9 Å². The maximum atomic E-state index is 12.4. The van der Waals surface area contributed by atoms with Gasteiger partial charge in [0.1, 0.15) is 0 Å². The van der Waals surface area contributed by atoms with Crippen LogP contribution in [0.5, 0.6) is 0 Å². The molecule has 0 bridgehead atoms. The Bertz CT molecular complexity index is 963. The largest absolute Gasteiger partial charge is 0.465 e. The Hall–Kier alpha value is -3.38. The fraction of sp³-hybridized carbons (Fsp3) is 0.0870. The van der Waals surface area contributed by atoms with E-state index in [-0.39, 0.29) is 11.7 Å². The summed E-state index contributed by atoms with van der Waals surface area (Å²) in [7, 11) is 1.33. The highest BCUT2D eigenvalue weighted by Crippen LogP contribution is 2.23. The van der Waals surface area contributed by atoms with E-state index in [1.54, 1.807) is 18.2 Å². The van der Waals surface area contributed by atoms with E-state index in [0.717, 1.165) is 11.1 Å². The minimum atomic E-state index is -0.429. The van der Waals surface area contributed by atoms with Crippen LogP contribution in [0.3, 0.4) is 0 Å². The molecule has 0 spiro atoms. The summed E-state index contributed by atoms with van der Waals surface area (Å²) >= 11 is 1.26. The first-order valence-electron chi connectivity index (χ1n) is 8.96. The van der Waals surface area contributed by atoms with Gasteiger partial charge in [0.25, 0.3) is 0 Å². The first-order chi connectivity index (χ1) is 14.2. The number of hydrogen-bond donors (Lipinski definition) is 1. The van der Waals surface area contributed by atoms with E-state index in [4.69, 9.17) is 4.74 Å². The third-order valence-electron chi connectivity index (χ3n) is 4.04. The molecule has 0 radical (unpaired) electrons. The molecule has 0 fully saturated rings. The molecule has 0 saturated carbocycles. The van der Waals surface area contributed by atoms with Crippen molar-refractivity contribution in [2.45, 2.75) is 4.90 Å². The Morgan fingerprint density at radius 1 is 0.862 bits per heavy atom. The van der Waals surface area contributed by atoms with E-state index in [0.29, 0.717) is 16.2 Å². The van der Waals surface area contributed by atoms with Crippen molar-refractivity contribution in [3.63, 3.8) is 0 Å². The number of carbonyl (C=O) groups excluding carboxylic acids is 2. The van der Waals surface area contributed by atoms with Crippen LogP contribution in [0.4, 0.5) is 0 Å². The second kappa shape index (κ2) is 10.2. The lowest BCUT2D eigenvalue weighted by atomic mass is 10.0. The summed E-state index contributed by atoms with van der Waals surface area (Å²) in [6.45, 7) is 0. The van der Waals surface area contributed by atoms with E-state index in [9.17, 15) is 9.59 Å². The van der Waals surface area contributed by atoms with E-state index >= 15 is 0 Å². The maximum Gasteiger partial charge on any atom is 0.338 e. The minimum Gasteiger partial charge on any atom is -0.465 e. The van der Waals surface area contributed by atoms with Crippen molar-refractivity contribution in [2.24, 2.45) is 5.10 Å². The average molecular weight is 404 g/mol. The van der Waals surface area contributed by atoms with Gasteiger partial charge in [-0.3, -0.25) is 4.79 Å². The number of hydrogen-bond acceptors (Lipinski definition) is 5. The third kappa shape index (κ3) is 5.56. The number of ether oxygens (including phenoxy) is 1. The first kappa shape index (κ1) is 20.4. The highest BCUT2D eigenvalue weighted by Gasteiger charge is 2.13. The van der Waals surface area contributed by atoms with Gasteiger partial charge in [0.15, 0.2) is 0 Å². The van der Waals surface area contributed by atoms with Crippen molar-refractivity contribution < 1.29 is 14.3 Å². The molecule has 0 saturated heterocycles. The number of rotatable bonds is 7. The highest BCUT2D eigenvalue weighted by molar-refractivity contribution is 8.00. The molecule has 0 heterocycles. The quantitative estimate of drug-likeness (QED) is 0.278. The van der Waals surface area contributed by atoms with Crippen molar-refractivity contribution >= 4 is 29.4 Å². The van der Waals surface area contributed by atoms with Crippen molar-refractivity contribution in [3.8, 4) is 0 Å². The lowest BCUT2D eigenvalue weighted by molar-refractivity contribution is -0.118. The molecule has 1 amide bonds. The molecule has 3 aromatic carbocycles. The summed E-state index contributed by atoms with van der Waals surface area (Å²) in [5.74, 6) is -0.574. The van der Waals surface area contributed by atoms with Gasteiger partial charge in [-0.15, -0.1) is 11.8 Å². The molecule has 146 valence electrons. The summed E-state index contributed by atoms with van der Waals surface area (Å²) in [5, 5.41) is 4.36. The van der Waals surface area contributed by atoms with Gasteiger partial charge >= 0.3 is 5.97 Å².